The fraction of sp³-hybridized carbons (Fsp3) is 0.579. The van der Waals surface area contributed by atoms with Crippen molar-refractivity contribution in [3.05, 3.63) is 35.1 Å². The van der Waals surface area contributed by atoms with Crippen LogP contribution in [0.25, 0.3) is 0 Å². The molecule has 136 valence electrons. The highest BCUT2D eigenvalue weighted by molar-refractivity contribution is 6.07. The van der Waals surface area contributed by atoms with Crippen molar-refractivity contribution >= 4 is 11.9 Å². The van der Waals surface area contributed by atoms with Crippen molar-refractivity contribution < 1.29 is 14.0 Å². The van der Waals surface area contributed by atoms with Crippen LogP contribution in [0.4, 0.5) is 9.18 Å². The lowest BCUT2D eigenvalue weighted by atomic mass is 9.75. The van der Waals surface area contributed by atoms with Crippen LogP contribution in [0.1, 0.15) is 43.7 Å². The molecule has 5 nitrogen and oxygen atoms in total. The van der Waals surface area contributed by atoms with Gasteiger partial charge in [-0.2, -0.15) is 0 Å². The number of hydrogen-bond donors (Lipinski definition) is 2. The van der Waals surface area contributed by atoms with E-state index in [1.165, 1.54) is 11.0 Å². The number of urea groups is 1. The van der Waals surface area contributed by atoms with Crippen LogP contribution in [0.3, 0.4) is 0 Å². The minimum Gasteiger partial charge on any atom is -0.323 e. The number of imide groups is 1. The van der Waals surface area contributed by atoms with Gasteiger partial charge in [0.15, 0.2) is 0 Å². The summed E-state index contributed by atoms with van der Waals surface area (Å²) in [7, 11) is 0. The molecule has 0 aromatic heterocycles. The summed E-state index contributed by atoms with van der Waals surface area (Å²) in [6, 6.07) is 4.36. The second-order valence-corrected chi connectivity index (χ2v) is 7.16. The topological polar surface area (TPSA) is 61.4 Å². The van der Waals surface area contributed by atoms with E-state index in [1.54, 1.807) is 12.1 Å². The molecule has 1 aromatic rings. The molecule has 2 saturated heterocycles. The smallest absolute Gasteiger partial charge is 0.323 e. The maximum absolute atomic E-state index is 14.1. The Morgan fingerprint density at radius 2 is 2.00 bits per heavy atom. The molecule has 0 spiro atoms. The van der Waals surface area contributed by atoms with Gasteiger partial charge in [0.05, 0.1) is 6.54 Å². The molecule has 2 aliphatic heterocycles. The van der Waals surface area contributed by atoms with Gasteiger partial charge in [0.1, 0.15) is 11.4 Å². The van der Waals surface area contributed by atoms with Gasteiger partial charge in [-0.25, -0.2) is 9.18 Å². The van der Waals surface area contributed by atoms with Gasteiger partial charge in [-0.1, -0.05) is 31.0 Å². The third-order valence-electron chi connectivity index (χ3n) is 5.41. The Morgan fingerprint density at radius 3 is 2.68 bits per heavy atom. The van der Waals surface area contributed by atoms with Crippen LogP contribution in [-0.2, 0) is 11.3 Å². The number of nitrogens with zero attached hydrogens (tertiary/aromatic N) is 1. The third kappa shape index (κ3) is 3.27. The second-order valence-electron chi connectivity index (χ2n) is 7.16. The molecule has 2 N–H and O–H groups in total. The summed E-state index contributed by atoms with van der Waals surface area (Å²) in [6.45, 7) is 5.57. The molecule has 0 aliphatic carbocycles. The van der Waals surface area contributed by atoms with Crippen molar-refractivity contribution in [3.8, 4) is 0 Å². The minimum atomic E-state index is -0.839. The number of benzene rings is 1. The highest BCUT2D eigenvalue weighted by atomic mass is 19.1. The number of aryl methyl sites for hydroxylation is 1. The molecule has 0 saturated carbocycles. The first-order chi connectivity index (χ1) is 12.0. The fourth-order valence-electron chi connectivity index (χ4n) is 4.14. The number of nitrogens with one attached hydrogen (secondary N) is 2. The molecular weight excluding hydrogens is 321 g/mol. The molecule has 0 radical (unpaired) electrons. The lowest BCUT2D eigenvalue weighted by Gasteiger charge is -2.37. The van der Waals surface area contributed by atoms with E-state index in [-0.39, 0.29) is 24.2 Å². The van der Waals surface area contributed by atoms with Crippen molar-refractivity contribution in [2.45, 2.75) is 51.6 Å². The zero-order valence-corrected chi connectivity index (χ0v) is 14.9. The average Bonchev–Trinajstić information content (AvgIpc) is 2.84. The van der Waals surface area contributed by atoms with E-state index >= 15 is 0 Å². The summed E-state index contributed by atoms with van der Waals surface area (Å²) in [5.74, 6) is -0.467. The molecule has 3 rings (SSSR count). The van der Waals surface area contributed by atoms with Gasteiger partial charge < -0.3 is 10.6 Å². The third-order valence-corrected chi connectivity index (χ3v) is 5.41. The number of carbonyl (C=O) groups is 2. The summed E-state index contributed by atoms with van der Waals surface area (Å²) in [5.41, 5.74) is 0.441. The molecule has 2 heterocycles. The Labute approximate surface area is 148 Å². The normalized spacial score (nSPS) is 24.7. The molecular formula is C19H26FN3O2. The Balaban J connectivity index is 1.87. The van der Waals surface area contributed by atoms with Gasteiger partial charge in [0, 0.05) is 5.56 Å². The van der Waals surface area contributed by atoms with Gasteiger partial charge in [0.25, 0.3) is 5.91 Å². The van der Waals surface area contributed by atoms with Crippen molar-refractivity contribution in [3.63, 3.8) is 0 Å². The van der Waals surface area contributed by atoms with Gasteiger partial charge in [0.2, 0.25) is 0 Å². The highest BCUT2D eigenvalue weighted by Gasteiger charge is 2.54. The molecule has 2 aliphatic rings. The van der Waals surface area contributed by atoms with Gasteiger partial charge >= 0.3 is 6.03 Å². The second kappa shape index (κ2) is 7.12. The van der Waals surface area contributed by atoms with E-state index in [9.17, 15) is 14.0 Å². The Kier molecular flexibility index (Phi) is 5.08. The van der Waals surface area contributed by atoms with E-state index in [1.807, 2.05) is 13.8 Å². The zero-order chi connectivity index (χ0) is 18.0. The predicted octanol–water partition coefficient (Wildman–Crippen LogP) is 2.72. The maximum Gasteiger partial charge on any atom is 0.325 e. The van der Waals surface area contributed by atoms with Gasteiger partial charge in [-0.3, -0.25) is 9.69 Å². The van der Waals surface area contributed by atoms with Crippen LogP contribution >= 0.6 is 0 Å². The first-order valence-corrected chi connectivity index (χ1v) is 9.08. The van der Waals surface area contributed by atoms with Crippen molar-refractivity contribution in [1.29, 1.82) is 0 Å². The monoisotopic (exact) mass is 347 g/mol. The van der Waals surface area contributed by atoms with Gasteiger partial charge in [-0.05, 0) is 51.3 Å². The van der Waals surface area contributed by atoms with E-state index in [2.05, 4.69) is 10.6 Å². The Morgan fingerprint density at radius 1 is 1.28 bits per heavy atom. The predicted molar refractivity (Wildman–Crippen MR) is 93.5 cm³/mol. The van der Waals surface area contributed by atoms with Gasteiger partial charge in [-0.15, -0.1) is 0 Å². The molecule has 2 fully saturated rings. The largest absolute Gasteiger partial charge is 0.325 e. The summed E-state index contributed by atoms with van der Waals surface area (Å²) >= 11 is 0. The van der Waals surface area contributed by atoms with Crippen LogP contribution in [0.2, 0.25) is 0 Å². The number of carbonyl (C=O) groups excluding carboxylic acids is 2. The summed E-state index contributed by atoms with van der Waals surface area (Å²) in [4.78, 5) is 27.0. The minimum absolute atomic E-state index is 0.0192. The summed E-state index contributed by atoms with van der Waals surface area (Å²) in [5, 5.41) is 6.28. The van der Waals surface area contributed by atoms with E-state index in [0.717, 1.165) is 37.9 Å². The maximum atomic E-state index is 14.1. The molecule has 0 unspecified atom stereocenters. The number of hydrogen-bond acceptors (Lipinski definition) is 3. The Hall–Kier alpha value is -1.95. The highest BCUT2D eigenvalue weighted by Crippen LogP contribution is 2.36. The van der Waals surface area contributed by atoms with E-state index in [0.29, 0.717) is 12.0 Å². The lowest BCUT2D eigenvalue weighted by Crippen LogP contribution is -2.55. The van der Waals surface area contributed by atoms with Crippen LogP contribution in [-0.4, -0.2) is 35.5 Å². The first-order valence-electron chi connectivity index (χ1n) is 9.08. The van der Waals surface area contributed by atoms with Crippen LogP contribution in [0.5, 0.6) is 0 Å². The number of piperidine rings is 1. The number of rotatable bonds is 5. The zero-order valence-electron chi connectivity index (χ0n) is 14.9. The van der Waals surface area contributed by atoms with Crippen LogP contribution in [0, 0.1) is 18.7 Å². The average molecular weight is 347 g/mol. The van der Waals surface area contributed by atoms with Crippen molar-refractivity contribution in [1.82, 2.24) is 15.5 Å². The fourth-order valence-corrected chi connectivity index (χ4v) is 4.14. The van der Waals surface area contributed by atoms with E-state index in [4.69, 9.17) is 0 Å². The molecule has 1 atom stereocenters. The standard InChI is InChI=1S/C19H26FN3O2/c1-3-8-19(15-6-9-21-10-7-15)17(24)23(18(25)22-19)12-14-11-13(2)4-5-16(14)20/h4-5,11,15,21H,3,6-10,12H2,1-2H3,(H,22,25)/t19-/m0/s1. The van der Waals surface area contributed by atoms with Crippen LogP contribution in [0.15, 0.2) is 18.2 Å². The van der Waals surface area contributed by atoms with Crippen LogP contribution < -0.4 is 10.6 Å². The lowest BCUT2D eigenvalue weighted by molar-refractivity contribution is -0.134. The quantitative estimate of drug-likeness (QED) is 0.805. The molecule has 25 heavy (non-hydrogen) atoms. The SMILES string of the molecule is CCC[C@@]1(C2CCNCC2)NC(=O)N(Cc2cc(C)ccc2F)C1=O. The molecule has 6 heteroatoms. The van der Waals surface area contributed by atoms with E-state index < -0.39 is 11.6 Å². The molecule has 0 bridgehead atoms. The molecule has 1 aromatic carbocycles. The molecule has 3 amide bonds. The first kappa shape index (κ1) is 17.9. The Bertz CT molecular complexity index is 673. The number of amides is 3. The van der Waals surface area contributed by atoms with Crippen molar-refractivity contribution in [2.75, 3.05) is 13.1 Å². The number of halogens is 1. The summed E-state index contributed by atoms with van der Waals surface area (Å²) in [6.07, 6.45) is 3.15. The summed E-state index contributed by atoms with van der Waals surface area (Å²) < 4.78 is 14.1. The van der Waals surface area contributed by atoms with Crippen molar-refractivity contribution in [2.24, 2.45) is 5.92 Å².